The van der Waals surface area contributed by atoms with Crippen molar-refractivity contribution < 1.29 is 19.4 Å². The van der Waals surface area contributed by atoms with Crippen molar-refractivity contribution in [2.75, 3.05) is 13.7 Å². The Hall–Kier alpha value is -1.67. The van der Waals surface area contributed by atoms with Gasteiger partial charge >= 0.3 is 5.97 Å². The lowest BCUT2D eigenvalue weighted by molar-refractivity contribution is -0.148. The highest BCUT2D eigenvalue weighted by molar-refractivity contribution is 5.81. The fraction of sp³-hybridized carbons (Fsp3) is 0.615. The van der Waals surface area contributed by atoms with Crippen molar-refractivity contribution in [3.8, 4) is 6.07 Å². The van der Waals surface area contributed by atoms with Gasteiger partial charge in [0.15, 0.2) is 6.29 Å². The summed E-state index contributed by atoms with van der Waals surface area (Å²) >= 11 is 0. The van der Waals surface area contributed by atoms with Crippen LogP contribution < -0.4 is 0 Å². The molecule has 0 aliphatic heterocycles. The normalized spacial score (nSPS) is 20.9. The summed E-state index contributed by atoms with van der Waals surface area (Å²) in [6.45, 7) is 2.14. The summed E-state index contributed by atoms with van der Waals surface area (Å²) in [4.78, 5) is 22.2. The second kappa shape index (κ2) is 9.37. The number of aliphatic hydroxyl groups excluding tert-OH is 1. The van der Waals surface area contributed by atoms with E-state index in [-0.39, 0.29) is 17.5 Å². The predicted octanol–water partition coefficient (Wildman–Crippen LogP) is 1.37. The zero-order chi connectivity index (χ0) is 14.0. The zero-order valence-electron chi connectivity index (χ0n) is 10.8. The maximum atomic E-state index is 11.5. The van der Waals surface area contributed by atoms with Gasteiger partial charge in [0, 0.05) is 7.11 Å². The molecule has 5 nitrogen and oxygen atoms in total. The van der Waals surface area contributed by atoms with Crippen LogP contribution in [0.1, 0.15) is 32.6 Å². The van der Waals surface area contributed by atoms with Gasteiger partial charge in [-0.3, -0.25) is 9.59 Å². The molecule has 5 heteroatoms. The molecule has 18 heavy (non-hydrogen) atoms. The highest BCUT2D eigenvalue weighted by Gasteiger charge is 2.26. The first-order chi connectivity index (χ1) is 8.72. The number of rotatable bonds is 3. The number of nitrogens with zero attached hydrogens (tertiary/aromatic N) is 1. The molecule has 0 aromatic heterocycles. The Morgan fingerprint density at radius 1 is 1.61 bits per heavy atom. The van der Waals surface area contributed by atoms with Gasteiger partial charge in [-0.05, 0) is 38.2 Å². The molecule has 0 heterocycles. The van der Waals surface area contributed by atoms with E-state index >= 15 is 0 Å². The van der Waals surface area contributed by atoms with Gasteiger partial charge in [0.05, 0.1) is 18.1 Å². The number of hydrogen-bond acceptors (Lipinski definition) is 5. The number of esters is 1. The third kappa shape index (κ3) is 4.68. The minimum atomic E-state index is -0.220. The van der Waals surface area contributed by atoms with E-state index in [1.165, 1.54) is 0 Å². The van der Waals surface area contributed by atoms with Crippen LogP contribution in [0.2, 0.25) is 0 Å². The predicted molar refractivity (Wildman–Crippen MR) is 65.4 cm³/mol. The fourth-order valence-electron chi connectivity index (χ4n) is 1.96. The Morgan fingerprint density at radius 2 is 2.28 bits per heavy atom. The standard InChI is InChI=1S/C12H15NO3.CH4O/c1-2-16-12(15)10-5-3-4-9(6-10)11(7-13)8-14;1-2/h8,10H,2-6H2,1H3;2H,1H3/b11-9-;. The highest BCUT2D eigenvalue weighted by atomic mass is 16.5. The van der Waals surface area contributed by atoms with Crippen LogP contribution >= 0.6 is 0 Å². The van der Waals surface area contributed by atoms with Gasteiger partial charge in [0.1, 0.15) is 6.07 Å². The molecule has 0 radical (unpaired) electrons. The van der Waals surface area contributed by atoms with E-state index in [9.17, 15) is 9.59 Å². The van der Waals surface area contributed by atoms with Crippen LogP contribution in [-0.2, 0) is 14.3 Å². The Balaban J connectivity index is 0.00000137. The second-order valence-corrected chi connectivity index (χ2v) is 3.79. The van der Waals surface area contributed by atoms with Gasteiger partial charge in [-0.2, -0.15) is 5.26 Å². The van der Waals surface area contributed by atoms with Crippen molar-refractivity contribution in [3.63, 3.8) is 0 Å². The van der Waals surface area contributed by atoms with Crippen LogP contribution in [0.25, 0.3) is 0 Å². The third-order valence-corrected chi connectivity index (χ3v) is 2.76. The van der Waals surface area contributed by atoms with Crippen LogP contribution in [-0.4, -0.2) is 31.1 Å². The molecular weight excluding hydrogens is 234 g/mol. The number of carbonyl (C=O) groups is 2. The number of carbonyl (C=O) groups excluding carboxylic acids is 2. The molecule has 0 amide bonds. The summed E-state index contributed by atoms with van der Waals surface area (Å²) in [6, 6.07) is 1.87. The van der Waals surface area contributed by atoms with Gasteiger partial charge in [0.2, 0.25) is 0 Å². The van der Waals surface area contributed by atoms with Crippen molar-refractivity contribution in [1.29, 1.82) is 5.26 Å². The minimum absolute atomic E-state index is 0.175. The van der Waals surface area contributed by atoms with E-state index in [4.69, 9.17) is 15.1 Å². The van der Waals surface area contributed by atoms with Crippen molar-refractivity contribution in [2.45, 2.75) is 32.6 Å². The maximum Gasteiger partial charge on any atom is 0.309 e. The zero-order valence-corrected chi connectivity index (χ0v) is 10.8. The van der Waals surface area contributed by atoms with Crippen molar-refractivity contribution in [3.05, 3.63) is 11.1 Å². The molecule has 1 aliphatic carbocycles. The number of hydrogen-bond donors (Lipinski definition) is 1. The molecule has 1 N–H and O–H groups in total. The van der Waals surface area contributed by atoms with Gasteiger partial charge < -0.3 is 9.84 Å². The van der Waals surface area contributed by atoms with E-state index in [2.05, 4.69) is 0 Å². The number of aldehydes is 1. The quantitative estimate of drug-likeness (QED) is 0.355. The molecule has 0 saturated heterocycles. The van der Waals surface area contributed by atoms with E-state index in [1.54, 1.807) is 6.92 Å². The molecule has 0 aromatic rings. The lowest BCUT2D eigenvalue weighted by Crippen LogP contribution is -2.22. The Kier molecular flexibility index (Phi) is 8.50. The number of nitriles is 1. The molecular formula is C13H19NO4. The molecule has 0 spiro atoms. The van der Waals surface area contributed by atoms with E-state index in [0.29, 0.717) is 19.3 Å². The molecule has 1 fully saturated rings. The Labute approximate surface area is 107 Å². The average molecular weight is 253 g/mol. The lowest BCUT2D eigenvalue weighted by Gasteiger charge is -2.22. The van der Waals surface area contributed by atoms with Crippen LogP contribution in [0.15, 0.2) is 11.1 Å². The first-order valence-corrected chi connectivity index (χ1v) is 5.91. The molecule has 1 unspecified atom stereocenters. The maximum absolute atomic E-state index is 11.5. The van der Waals surface area contributed by atoms with Gasteiger partial charge in [-0.15, -0.1) is 0 Å². The molecule has 1 aliphatic rings. The lowest BCUT2D eigenvalue weighted by atomic mass is 9.83. The third-order valence-electron chi connectivity index (χ3n) is 2.76. The number of aliphatic hydroxyl groups is 1. The molecule has 100 valence electrons. The van der Waals surface area contributed by atoms with Gasteiger partial charge in [-0.1, -0.05) is 0 Å². The SMILES string of the molecule is CCOC(=O)C1CCC/C(=C(\C#N)C=O)C1.CO. The summed E-state index contributed by atoms with van der Waals surface area (Å²) < 4.78 is 4.94. The Morgan fingerprint density at radius 3 is 2.78 bits per heavy atom. The second-order valence-electron chi connectivity index (χ2n) is 3.79. The van der Waals surface area contributed by atoms with Gasteiger partial charge in [0.25, 0.3) is 0 Å². The molecule has 0 aromatic carbocycles. The van der Waals surface area contributed by atoms with E-state index in [0.717, 1.165) is 31.9 Å². The summed E-state index contributed by atoms with van der Waals surface area (Å²) in [5.41, 5.74) is 0.968. The summed E-state index contributed by atoms with van der Waals surface area (Å²) in [5, 5.41) is 15.8. The topological polar surface area (TPSA) is 87.4 Å². The van der Waals surface area contributed by atoms with Crippen molar-refractivity contribution in [1.82, 2.24) is 0 Å². The first-order valence-electron chi connectivity index (χ1n) is 5.91. The number of ether oxygens (including phenoxy) is 1. The fourth-order valence-corrected chi connectivity index (χ4v) is 1.96. The average Bonchev–Trinajstić information content (AvgIpc) is 2.43. The largest absolute Gasteiger partial charge is 0.466 e. The van der Waals surface area contributed by atoms with E-state index < -0.39 is 0 Å². The van der Waals surface area contributed by atoms with Crippen LogP contribution in [0.4, 0.5) is 0 Å². The number of allylic oxidation sites excluding steroid dienone is 2. The van der Waals surface area contributed by atoms with Crippen LogP contribution in [0, 0.1) is 17.2 Å². The summed E-state index contributed by atoms with van der Waals surface area (Å²) in [6.07, 6.45) is 3.40. The molecule has 1 saturated carbocycles. The Bertz CT molecular complexity index is 354. The van der Waals surface area contributed by atoms with Crippen molar-refractivity contribution >= 4 is 12.3 Å². The minimum Gasteiger partial charge on any atom is -0.466 e. The first kappa shape index (κ1) is 16.3. The molecule has 1 rings (SSSR count). The highest BCUT2D eigenvalue weighted by Crippen LogP contribution is 2.30. The molecule has 1 atom stereocenters. The van der Waals surface area contributed by atoms with Gasteiger partial charge in [-0.25, -0.2) is 0 Å². The monoisotopic (exact) mass is 253 g/mol. The van der Waals surface area contributed by atoms with E-state index in [1.807, 2.05) is 6.07 Å². The van der Waals surface area contributed by atoms with Crippen LogP contribution in [0.3, 0.4) is 0 Å². The smallest absolute Gasteiger partial charge is 0.309 e. The van der Waals surface area contributed by atoms with Crippen LogP contribution in [0.5, 0.6) is 0 Å². The van der Waals surface area contributed by atoms with Crippen molar-refractivity contribution in [2.24, 2.45) is 5.92 Å². The summed E-state index contributed by atoms with van der Waals surface area (Å²) in [7, 11) is 1.00. The summed E-state index contributed by atoms with van der Waals surface area (Å²) in [5.74, 6) is -0.408. The molecule has 0 bridgehead atoms.